The molecule has 0 atom stereocenters. The van der Waals surface area contributed by atoms with Crippen LogP contribution in [0.1, 0.15) is 6.92 Å². The van der Waals surface area contributed by atoms with Gasteiger partial charge in [0.2, 0.25) is 11.9 Å². The summed E-state index contributed by atoms with van der Waals surface area (Å²) >= 11 is 0. The normalized spacial score (nSPS) is 10.5. The van der Waals surface area contributed by atoms with Crippen molar-refractivity contribution in [2.75, 3.05) is 17.6 Å². The van der Waals surface area contributed by atoms with Gasteiger partial charge in [0.05, 0.1) is 0 Å². The maximum Gasteiger partial charge on any atom is 0.244 e. The van der Waals surface area contributed by atoms with Crippen LogP contribution in [-0.2, 0) is 0 Å². The molecule has 90 valence electrons. The third-order valence-corrected chi connectivity index (χ3v) is 2.10. The van der Waals surface area contributed by atoms with Gasteiger partial charge in [-0.2, -0.15) is 9.67 Å². The SMILES string of the molecule is CCNc1nc(N)n(-c2ccc(F)cc2F)n1. The molecule has 1 aromatic heterocycles. The van der Waals surface area contributed by atoms with Crippen molar-refractivity contribution >= 4 is 11.9 Å². The van der Waals surface area contributed by atoms with Gasteiger partial charge >= 0.3 is 0 Å². The van der Waals surface area contributed by atoms with Gasteiger partial charge in [-0.15, -0.1) is 5.10 Å². The maximum atomic E-state index is 13.5. The van der Waals surface area contributed by atoms with Crippen LogP contribution in [0.4, 0.5) is 20.7 Å². The summed E-state index contributed by atoms with van der Waals surface area (Å²) in [6.07, 6.45) is 0. The molecule has 7 heteroatoms. The second-order valence-corrected chi connectivity index (χ2v) is 3.33. The highest BCUT2D eigenvalue weighted by atomic mass is 19.1. The Labute approximate surface area is 96.3 Å². The molecule has 1 aromatic carbocycles. The second kappa shape index (κ2) is 4.36. The molecule has 5 nitrogen and oxygen atoms in total. The van der Waals surface area contributed by atoms with Crippen molar-refractivity contribution in [3.05, 3.63) is 29.8 Å². The van der Waals surface area contributed by atoms with E-state index in [9.17, 15) is 8.78 Å². The van der Waals surface area contributed by atoms with Gasteiger partial charge in [0.15, 0.2) is 5.82 Å². The molecule has 2 aromatic rings. The molecule has 0 aliphatic carbocycles. The highest BCUT2D eigenvalue weighted by molar-refractivity contribution is 5.42. The van der Waals surface area contributed by atoms with E-state index in [-0.39, 0.29) is 11.6 Å². The number of anilines is 2. The summed E-state index contributed by atoms with van der Waals surface area (Å²) in [6.45, 7) is 2.49. The van der Waals surface area contributed by atoms with Crippen molar-refractivity contribution in [1.29, 1.82) is 0 Å². The lowest BCUT2D eigenvalue weighted by Gasteiger charge is -2.03. The third-order valence-electron chi connectivity index (χ3n) is 2.10. The number of hydrogen-bond donors (Lipinski definition) is 2. The van der Waals surface area contributed by atoms with Gasteiger partial charge in [0, 0.05) is 12.6 Å². The minimum absolute atomic E-state index is 0.0338. The van der Waals surface area contributed by atoms with E-state index >= 15 is 0 Å². The molecule has 3 N–H and O–H groups in total. The number of nitrogens with zero attached hydrogens (tertiary/aromatic N) is 3. The lowest BCUT2D eigenvalue weighted by atomic mass is 10.3. The summed E-state index contributed by atoms with van der Waals surface area (Å²) in [7, 11) is 0. The van der Waals surface area contributed by atoms with E-state index in [2.05, 4.69) is 15.4 Å². The van der Waals surface area contributed by atoms with E-state index in [0.29, 0.717) is 12.5 Å². The minimum Gasteiger partial charge on any atom is -0.368 e. The predicted octanol–water partition coefficient (Wildman–Crippen LogP) is 1.56. The van der Waals surface area contributed by atoms with E-state index < -0.39 is 11.6 Å². The summed E-state index contributed by atoms with van der Waals surface area (Å²) in [5, 5.41) is 6.82. The van der Waals surface area contributed by atoms with Crippen LogP contribution in [-0.4, -0.2) is 21.3 Å². The van der Waals surface area contributed by atoms with Gasteiger partial charge < -0.3 is 11.1 Å². The largest absolute Gasteiger partial charge is 0.368 e. The first kappa shape index (κ1) is 11.3. The Kier molecular flexibility index (Phi) is 2.90. The zero-order valence-electron chi connectivity index (χ0n) is 9.11. The molecule has 2 rings (SSSR count). The van der Waals surface area contributed by atoms with Crippen LogP contribution in [0.5, 0.6) is 0 Å². The van der Waals surface area contributed by atoms with Crippen molar-refractivity contribution in [2.45, 2.75) is 6.92 Å². The van der Waals surface area contributed by atoms with E-state index in [4.69, 9.17) is 5.73 Å². The Morgan fingerprint density at radius 2 is 2.18 bits per heavy atom. The molecular formula is C10H11F2N5. The number of rotatable bonds is 3. The topological polar surface area (TPSA) is 68.8 Å². The van der Waals surface area contributed by atoms with Gasteiger partial charge in [-0.25, -0.2) is 8.78 Å². The summed E-state index contributed by atoms with van der Waals surface area (Å²) < 4.78 is 27.4. The zero-order chi connectivity index (χ0) is 12.4. The lowest BCUT2D eigenvalue weighted by molar-refractivity contribution is 0.574. The Morgan fingerprint density at radius 1 is 1.41 bits per heavy atom. The number of nitrogen functional groups attached to an aromatic ring is 1. The summed E-state index contributed by atoms with van der Waals surface area (Å²) in [4.78, 5) is 3.90. The highest BCUT2D eigenvalue weighted by Gasteiger charge is 2.12. The lowest BCUT2D eigenvalue weighted by Crippen LogP contribution is -2.05. The molecular weight excluding hydrogens is 228 g/mol. The number of nitrogens with two attached hydrogens (primary N) is 1. The molecule has 0 saturated carbocycles. The van der Waals surface area contributed by atoms with E-state index in [1.165, 1.54) is 6.07 Å². The fourth-order valence-electron chi connectivity index (χ4n) is 1.39. The van der Waals surface area contributed by atoms with Gasteiger partial charge in [-0.05, 0) is 19.1 Å². The van der Waals surface area contributed by atoms with Crippen LogP contribution < -0.4 is 11.1 Å². The van der Waals surface area contributed by atoms with Gasteiger partial charge in [0.25, 0.3) is 0 Å². The Morgan fingerprint density at radius 3 is 2.82 bits per heavy atom. The fourth-order valence-corrected chi connectivity index (χ4v) is 1.39. The molecule has 0 spiro atoms. The summed E-state index contributed by atoms with van der Waals surface area (Å²) in [5.41, 5.74) is 5.66. The number of nitrogens with one attached hydrogen (secondary N) is 1. The van der Waals surface area contributed by atoms with Crippen LogP contribution in [0.15, 0.2) is 18.2 Å². The van der Waals surface area contributed by atoms with Gasteiger partial charge in [-0.1, -0.05) is 0 Å². The molecule has 0 unspecified atom stereocenters. The second-order valence-electron chi connectivity index (χ2n) is 3.33. The highest BCUT2D eigenvalue weighted by Crippen LogP contribution is 2.17. The molecule has 0 radical (unpaired) electrons. The molecule has 0 bridgehead atoms. The maximum absolute atomic E-state index is 13.5. The Balaban J connectivity index is 2.45. The number of benzene rings is 1. The average molecular weight is 239 g/mol. The first-order valence-electron chi connectivity index (χ1n) is 5.03. The number of aromatic nitrogens is 3. The summed E-state index contributed by atoms with van der Waals surface area (Å²) in [5.74, 6) is -1.07. The number of hydrogen-bond acceptors (Lipinski definition) is 4. The fraction of sp³-hybridized carbons (Fsp3) is 0.200. The molecule has 0 aliphatic rings. The van der Waals surface area contributed by atoms with Gasteiger partial charge in [-0.3, -0.25) is 0 Å². The standard InChI is InChI=1S/C10H11F2N5/c1-2-14-10-15-9(13)17(16-10)8-4-3-6(11)5-7(8)12/h3-5H,2H2,1H3,(H3,13,14,15,16). The molecule has 17 heavy (non-hydrogen) atoms. The van der Waals surface area contributed by atoms with E-state index in [1.54, 1.807) is 0 Å². The van der Waals surface area contributed by atoms with E-state index in [1.807, 2.05) is 6.92 Å². The van der Waals surface area contributed by atoms with Crippen molar-refractivity contribution in [1.82, 2.24) is 14.8 Å². The Hall–Kier alpha value is -2.18. The first-order chi connectivity index (χ1) is 8.11. The molecule has 0 aliphatic heterocycles. The van der Waals surface area contributed by atoms with Crippen molar-refractivity contribution in [3.8, 4) is 5.69 Å². The minimum atomic E-state index is -0.746. The van der Waals surface area contributed by atoms with Crippen molar-refractivity contribution in [2.24, 2.45) is 0 Å². The number of halogens is 2. The van der Waals surface area contributed by atoms with Crippen LogP contribution in [0, 0.1) is 11.6 Å². The van der Waals surface area contributed by atoms with Crippen molar-refractivity contribution in [3.63, 3.8) is 0 Å². The van der Waals surface area contributed by atoms with Crippen LogP contribution in [0.2, 0.25) is 0 Å². The van der Waals surface area contributed by atoms with Crippen LogP contribution >= 0.6 is 0 Å². The van der Waals surface area contributed by atoms with Gasteiger partial charge in [0.1, 0.15) is 11.5 Å². The smallest absolute Gasteiger partial charge is 0.244 e. The quantitative estimate of drug-likeness (QED) is 0.852. The molecule has 0 saturated heterocycles. The van der Waals surface area contributed by atoms with Crippen LogP contribution in [0.25, 0.3) is 5.69 Å². The third kappa shape index (κ3) is 2.17. The zero-order valence-corrected chi connectivity index (χ0v) is 9.11. The Bertz CT molecular complexity index is 537. The first-order valence-corrected chi connectivity index (χ1v) is 5.03. The van der Waals surface area contributed by atoms with Crippen molar-refractivity contribution < 1.29 is 8.78 Å². The monoisotopic (exact) mass is 239 g/mol. The molecule has 1 heterocycles. The predicted molar refractivity (Wildman–Crippen MR) is 59.9 cm³/mol. The van der Waals surface area contributed by atoms with Crippen LogP contribution in [0.3, 0.4) is 0 Å². The summed E-state index contributed by atoms with van der Waals surface area (Å²) in [6, 6.07) is 3.15. The average Bonchev–Trinajstić information content (AvgIpc) is 2.60. The molecule has 0 fully saturated rings. The van der Waals surface area contributed by atoms with E-state index in [0.717, 1.165) is 16.8 Å². The molecule has 0 amide bonds.